The minimum Gasteiger partial charge on any atom is -0.383 e. The SMILES string of the molecule is CCOOCN1CCC(c2nn(C)c(N)c2-c2ccccc2)CC1. The number of hydrogen-bond donors (Lipinski definition) is 1. The molecule has 0 unspecified atom stereocenters. The Labute approximate surface area is 143 Å². The second kappa shape index (κ2) is 7.79. The van der Waals surface area contributed by atoms with E-state index in [2.05, 4.69) is 17.0 Å². The summed E-state index contributed by atoms with van der Waals surface area (Å²) < 4.78 is 1.79. The Balaban J connectivity index is 1.73. The third-order valence-electron chi connectivity index (χ3n) is 4.59. The molecule has 1 aliphatic heterocycles. The highest BCUT2D eigenvalue weighted by atomic mass is 17.2. The van der Waals surface area contributed by atoms with Crippen molar-refractivity contribution in [3.05, 3.63) is 36.0 Å². The highest BCUT2D eigenvalue weighted by Gasteiger charge is 2.27. The normalized spacial score (nSPS) is 16.6. The first-order chi connectivity index (χ1) is 11.7. The van der Waals surface area contributed by atoms with Crippen molar-refractivity contribution in [2.45, 2.75) is 25.7 Å². The van der Waals surface area contributed by atoms with Crippen LogP contribution >= 0.6 is 0 Å². The van der Waals surface area contributed by atoms with Gasteiger partial charge in [0.05, 0.1) is 12.3 Å². The smallest absolute Gasteiger partial charge is 0.135 e. The molecule has 3 rings (SSSR count). The largest absolute Gasteiger partial charge is 0.383 e. The number of aryl methyl sites for hydroxylation is 1. The van der Waals surface area contributed by atoms with Gasteiger partial charge in [-0.3, -0.25) is 9.58 Å². The van der Waals surface area contributed by atoms with Gasteiger partial charge in [0.2, 0.25) is 0 Å². The maximum absolute atomic E-state index is 6.30. The second-order valence-corrected chi connectivity index (χ2v) is 6.18. The topological polar surface area (TPSA) is 65.5 Å². The predicted molar refractivity (Wildman–Crippen MR) is 94.2 cm³/mol. The van der Waals surface area contributed by atoms with E-state index in [0.29, 0.717) is 19.3 Å². The van der Waals surface area contributed by atoms with Gasteiger partial charge >= 0.3 is 0 Å². The minimum atomic E-state index is 0.423. The number of aromatic nitrogens is 2. The van der Waals surface area contributed by atoms with E-state index in [4.69, 9.17) is 20.6 Å². The Morgan fingerprint density at radius 3 is 2.54 bits per heavy atom. The van der Waals surface area contributed by atoms with E-state index in [-0.39, 0.29) is 0 Å². The summed E-state index contributed by atoms with van der Waals surface area (Å²) in [6.07, 6.45) is 2.09. The van der Waals surface area contributed by atoms with Crippen LogP contribution in [0.3, 0.4) is 0 Å². The molecule has 1 aromatic carbocycles. The molecule has 1 aliphatic rings. The van der Waals surface area contributed by atoms with Gasteiger partial charge in [-0.05, 0) is 25.3 Å². The van der Waals surface area contributed by atoms with Gasteiger partial charge in [0, 0.05) is 31.6 Å². The second-order valence-electron chi connectivity index (χ2n) is 6.18. The van der Waals surface area contributed by atoms with E-state index in [0.717, 1.165) is 48.6 Å². The number of nitrogens with zero attached hydrogens (tertiary/aromatic N) is 3. The number of rotatable bonds is 6. The highest BCUT2D eigenvalue weighted by Crippen LogP contribution is 2.37. The highest BCUT2D eigenvalue weighted by molar-refractivity contribution is 5.77. The summed E-state index contributed by atoms with van der Waals surface area (Å²) >= 11 is 0. The molecule has 0 bridgehead atoms. The molecule has 6 nitrogen and oxygen atoms in total. The Morgan fingerprint density at radius 2 is 1.88 bits per heavy atom. The summed E-state index contributed by atoms with van der Waals surface area (Å²) in [5, 5.41) is 4.73. The molecule has 1 fully saturated rings. The molecule has 0 atom stereocenters. The van der Waals surface area contributed by atoms with E-state index < -0.39 is 0 Å². The van der Waals surface area contributed by atoms with E-state index in [1.807, 2.05) is 32.2 Å². The Kier molecular flexibility index (Phi) is 5.50. The van der Waals surface area contributed by atoms with Gasteiger partial charge in [-0.15, -0.1) is 0 Å². The number of anilines is 1. The Morgan fingerprint density at radius 1 is 1.17 bits per heavy atom. The number of benzene rings is 1. The van der Waals surface area contributed by atoms with Crippen molar-refractivity contribution in [3.63, 3.8) is 0 Å². The number of piperidine rings is 1. The zero-order valence-corrected chi connectivity index (χ0v) is 14.4. The molecule has 0 aliphatic carbocycles. The minimum absolute atomic E-state index is 0.423. The number of likely N-dealkylation sites (tertiary alicyclic amines) is 1. The fraction of sp³-hybridized carbons (Fsp3) is 0.500. The van der Waals surface area contributed by atoms with Gasteiger partial charge in [0.15, 0.2) is 0 Å². The molecule has 0 saturated carbocycles. The fourth-order valence-corrected chi connectivity index (χ4v) is 3.28. The van der Waals surface area contributed by atoms with Gasteiger partial charge in [0.1, 0.15) is 12.5 Å². The molecule has 1 aromatic heterocycles. The lowest BCUT2D eigenvalue weighted by Gasteiger charge is -2.30. The molecule has 1 saturated heterocycles. The monoisotopic (exact) mass is 330 g/mol. The summed E-state index contributed by atoms with van der Waals surface area (Å²) in [4.78, 5) is 12.4. The lowest BCUT2D eigenvalue weighted by atomic mass is 9.89. The van der Waals surface area contributed by atoms with E-state index >= 15 is 0 Å². The lowest BCUT2D eigenvalue weighted by Crippen LogP contribution is -2.35. The van der Waals surface area contributed by atoms with E-state index in [1.54, 1.807) is 4.68 Å². The first-order valence-electron chi connectivity index (χ1n) is 8.55. The number of hydrogen-bond acceptors (Lipinski definition) is 5. The first kappa shape index (κ1) is 17.0. The molecule has 0 radical (unpaired) electrons. The van der Waals surface area contributed by atoms with Crippen LogP contribution in [0, 0.1) is 0 Å². The number of nitrogen functional groups attached to an aromatic ring is 1. The van der Waals surface area contributed by atoms with Crippen molar-refractivity contribution in [1.82, 2.24) is 14.7 Å². The standard InChI is InChI=1S/C18H26N4O2/c1-3-23-24-13-22-11-9-15(10-12-22)17-16(18(19)21(2)20-17)14-7-5-4-6-8-14/h4-8,15H,3,9-13,19H2,1-2H3. The molecule has 24 heavy (non-hydrogen) atoms. The van der Waals surface area contributed by atoms with Crippen molar-refractivity contribution in [2.24, 2.45) is 7.05 Å². The van der Waals surface area contributed by atoms with Crippen LogP contribution in [0.15, 0.2) is 30.3 Å². The fourth-order valence-electron chi connectivity index (χ4n) is 3.28. The van der Waals surface area contributed by atoms with E-state index in [1.165, 1.54) is 0 Å². The maximum Gasteiger partial charge on any atom is 0.135 e. The summed E-state index contributed by atoms with van der Waals surface area (Å²) in [5.74, 6) is 1.16. The zero-order valence-electron chi connectivity index (χ0n) is 14.4. The third-order valence-corrected chi connectivity index (χ3v) is 4.59. The van der Waals surface area contributed by atoms with Crippen LogP contribution in [0.5, 0.6) is 0 Å². The van der Waals surface area contributed by atoms with Crippen LogP contribution in [0.4, 0.5) is 5.82 Å². The molecule has 130 valence electrons. The molecule has 6 heteroatoms. The third kappa shape index (κ3) is 3.61. The quantitative estimate of drug-likeness (QED) is 0.501. The van der Waals surface area contributed by atoms with Crippen molar-refractivity contribution in [3.8, 4) is 11.1 Å². The van der Waals surface area contributed by atoms with Gasteiger partial charge in [-0.1, -0.05) is 30.3 Å². The van der Waals surface area contributed by atoms with Crippen LogP contribution in [0.1, 0.15) is 31.4 Å². The summed E-state index contributed by atoms with van der Waals surface area (Å²) in [6, 6.07) is 10.3. The van der Waals surface area contributed by atoms with Crippen LogP contribution in [0.25, 0.3) is 11.1 Å². The van der Waals surface area contributed by atoms with Crippen LogP contribution in [0.2, 0.25) is 0 Å². The molecule has 2 N–H and O–H groups in total. The molecular formula is C18H26N4O2. The zero-order chi connectivity index (χ0) is 16.9. The summed E-state index contributed by atoms with van der Waals surface area (Å²) in [6.45, 7) is 4.97. The molecule has 2 heterocycles. The molecule has 0 spiro atoms. The summed E-state index contributed by atoms with van der Waals surface area (Å²) in [5.41, 5.74) is 9.65. The predicted octanol–water partition coefficient (Wildman–Crippen LogP) is 2.77. The van der Waals surface area contributed by atoms with Gasteiger partial charge in [-0.2, -0.15) is 5.10 Å². The molecule has 0 amide bonds. The van der Waals surface area contributed by atoms with Crippen molar-refractivity contribution in [2.75, 3.05) is 32.2 Å². The van der Waals surface area contributed by atoms with Gasteiger partial charge in [-0.25, -0.2) is 9.78 Å². The van der Waals surface area contributed by atoms with Crippen LogP contribution in [-0.2, 0) is 16.8 Å². The number of nitrogens with two attached hydrogens (primary N) is 1. The average molecular weight is 330 g/mol. The lowest BCUT2D eigenvalue weighted by molar-refractivity contribution is -0.313. The van der Waals surface area contributed by atoms with Gasteiger partial charge < -0.3 is 5.73 Å². The van der Waals surface area contributed by atoms with Crippen molar-refractivity contribution >= 4 is 5.82 Å². The van der Waals surface area contributed by atoms with Crippen molar-refractivity contribution < 1.29 is 9.78 Å². The first-order valence-corrected chi connectivity index (χ1v) is 8.55. The Hall–Kier alpha value is -1.89. The Bertz CT molecular complexity index is 649. The van der Waals surface area contributed by atoms with Crippen LogP contribution in [-0.4, -0.2) is 41.1 Å². The molecular weight excluding hydrogens is 304 g/mol. The van der Waals surface area contributed by atoms with Gasteiger partial charge in [0.25, 0.3) is 0 Å². The average Bonchev–Trinajstić information content (AvgIpc) is 2.92. The molecule has 2 aromatic rings. The summed E-state index contributed by atoms with van der Waals surface area (Å²) in [7, 11) is 1.91. The van der Waals surface area contributed by atoms with Crippen molar-refractivity contribution in [1.29, 1.82) is 0 Å². The van der Waals surface area contributed by atoms with Crippen LogP contribution < -0.4 is 5.73 Å². The van der Waals surface area contributed by atoms with E-state index in [9.17, 15) is 0 Å². The maximum atomic E-state index is 6.30.